The average Bonchev–Trinajstić information content (AvgIpc) is 2.07. The number of nitrogens with zero attached hydrogens (tertiary/aromatic N) is 3. The molecule has 0 spiro atoms. The third-order valence-electron chi connectivity index (χ3n) is 0.852. The van der Waals surface area contributed by atoms with Gasteiger partial charge in [0.2, 0.25) is 0 Å². The summed E-state index contributed by atoms with van der Waals surface area (Å²) in [5.74, 6) is 0. The Hall–Kier alpha value is -2.12. The predicted octanol–water partition coefficient (Wildman–Crippen LogP) is 0.774. The van der Waals surface area contributed by atoms with Gasteiger partial charge in [-0.15, -0.1) is 0 Å². The summed E-state index contributed by atoms with van der Waals surface area (Å²) in [6.45, 7) is 6.48. The van der Waals surface area contributed by atoms with E-state index >= 15 is 0 Å². The zero-order valence-electron chi connectivity index (χ0n) is 5.50. The Bertz CT molecular complexity index is 278. The molecule has 0 saturated heterocycles. The molecule has 0 aromatic carbocycles. The van der Waals surface area contributed by atoms with Gasteiger partial charge in [0.05, 0.1) is 0 Å². The van der Waals surface area contributed by atoms with Crippen molar-refractivity contribution in [3.8, 4) is 12.1 Å². The van der Waals surface area contributed by atoms with Crippen molar-refractivity contribution < 1.29 is 0 Å². The number of nitrogens with one attached hydrogen (secondary N) is 1. The third kappa shape index (κ3) is 2.79. The zero-order valence-corrected chi connectivity index (χ0v) is 5.50. The van der Waals surface area contributed by atoms with Crippen LogP contribution >= 0.6 is 0 Å². The predicted molar refractivity (Wildman–Crippen MR) is 37.4 cm³/mol. The normalized spacial score (nSPS) is 9.55. The van der Waals surface area contributed by atoms with E-state index in [-0.39, 0.29) is 5.57 Å². The molecule has 52 valence electrons. The molecule has 0 amide bonds. The maximum absolute atomic E-state index is 8.23. The van der Waals surface area contributed by atoms with Crippen molar-refractivity contribution >= 4 is 6.21 Å². The topological polar surface area (TPSA) is 75.8 Å². The number of hydrogen-bond donors (Lipinski definition) is 1. The summed E-state index contributed by atoms with van der Waals surface area (Å²) in [5, 5.41) is 23.0. The van der Waals surface area contributed by atoms with Crippen LogP contribution in [0.15, 0.2) is 11.6 Å². The number of rotatable bonds is 2. The van der Waals surface area contributed by atoms with Crippen LogP contribution in [0.3, 0.4) is 0 Å². The SMILES string of the molecule is [C-]#[N+]C([C-]=N)C=C(C#N)C#N. The molecule has 1 unspecified atom stereocenters. The van der Waals surface area contributed by atoms with E-state index in [0.29, 0.717) is 0 Å². The standard InChI is InChI=1S/C7H3N4/c1-11-7(5-10)2-6(3-8)4-9/h2,7,10H/q-1. The van der Waals surface area contributed by atoms with Gasteiger partial charge in [0.25, 0.3) is 0 Å². The van der Waals surface area contributed by atoms with Crippen LogP contribution in [0.25, 0.3) is 4.85 Å². The van der Waals surface area contributed by atoms with Crippen molar-refractivity contribution in [2.45, 2.75) is 6.04 Å². The fourth-order valence-corrected chi connectivity index (χ4v) is 0.369. The van der Waals surface area contributed by atoms with E-state index in [2.05, 4.69) is 4.85 Å². The summed E-state index contributed by atoms with van der Waals surface area (Å²) >= 11 is 0. The largest absolute Gasteiger partial charge is 0.511 e. The van der Waals surface area contributed by atoms with Gasteiger partial charge in [-0.1, -0.05) is 0 Å². The fourth-order valence-electron chi connectivity index (χ4n) is 0.369. The molecule has 0 aromatic rings. The Balaban J connectivity index is 4.58. The third-order valence-corrected chi connectivity index (χ3v) is 0.852. The molecule has 0 aliphatic rings. The highest BCUT2D eigenvalue weighted by Crippen LogP contribution is 1.95. The van der Waals surface area contributed by atoms with E-state index in [0.717, 1.165) is 6.08 Å². The maximum Gasteiger partial charge on any atom is 0.141 e. The van der Waals surface area contributed by atoms with Crippen molar-refractivity contribution in [1.29, 1.82) is 15.9 Å². The van der Waals surface area contributed by atoms with Crippen molar-refractivity contribution in [1.82, 2.24) is 0 Å². The van der Waals surface area contributed by atoms with E-state index in [1.165, 1.54) is 0 Å². The summed E-state index contributed by atoms with van der Waals surface area (Å²) in [6.07, 6.45) is 2.97. The number of hydrogen-bond acceptors (Lipinski definition) is 3. The van der Waals surface area contributed by atoms with E-state index < -0.39 is 6.04 Å². The lowest BCUT2D eigenvalue weighted by Gasteiger charge is -1.97. The summed E-state index contributed by atoms with van der Waals surface area (Å²) in [4.78, 5) is 2.92. The first-order chi connectivity index (χ1) is 5.28. The van der Waals surface area contributed by atoms with Gasteiger partial charge in [-0.2, -0.15) is 10.5 Å². The van der Waals surface area contributed by atoms with Crippen LogP contribution < -0.4 is 0 Å². The highest BCUT2D eigenvalue weighted by Gasteiger charge is 1.96. The Morgan fingerprint density at radius 3 is 2.45 bits per heavy atom. The van der Waals surface area contributed by atoms with Gasteiger partial charge < -0.3 is 16.5 Å². The summed E-state index contributed by atoms with van der Waals surface area (Å²) < 4.78 is 0. The first-order valence-electron chi connectivity index (χ1n) is 2.59. The molecule has 11 heavy (non-hydrogen) atoms. The van der Waals surface area contributed by atoms with E-state index in [1.54, 1.807) is 12.1 Å². The smallest absolute Gasteiger partial charge is 0.141 e. The van der Waals surface area contributed by atoms with Gasteiger partial charge in [0.15, 0.2) is 0 Å². The Kier molecular flexibility index (Phi) is 3.82. The van der Waals surface area contributed by atoms with Crippen LogP contribution in [0.2, 0.25) is 0 Å². The Morgan fingerprint density at radius 1 is 1.64 bits per heavy atom. The molecule has 4 nitrogen and oxygen atoms in total. The molecule has 1 atom stereocenters. The molecular weight excluding hydrogens is 140 g/mol. The van der Waals surface area contributed by atoms with E-state index in [9.17, 15) is 0 Å². The van der Waals surface area contributed by atoms with Crippen molar-refractivity contribution in [3.63, 3.8) is 0 Å². The second kappa shape index (κ2) is 4.73. The fraction of sp³-hybridized carbons (Fsp3) is 0.143. The van der Waals surface area contributed by atoms with E-state index in [1.807, 2.05) is 6.21 Å². The van der Waals surface area contributed by atoms with Gasteiger partial charge in [-0.3, -0.25) is 0 Å². The lowest BCUT2D eigenvalue weighted by molar-refractivity contribution is 1.28. The minimum absolute atomic E-state index is 0.161. The van der Waals surface area contributed by atoms with Gasteiger partial charge in [-0.25, -0.2) is 6.57 Å². The highest BCUT2D eigenvalue weighted by atomic mass is 14.7. The molecule has 0 saturated carbocycles. The van der Waals surface area contributed by atoms with Crippen LogP contribution in [0.1, 0.15) is 0 Å². The maximum atomic E-state index is 8.23. The zero-order chi connectivity index (χ0) is 8.69. The molecule has 0 radical (unpaired) electrons. The molecule has 1 N–H and O–H groups in total. The molecule has 0 fully saturated rings. The summed E-state index contributed by atoms with van der Waals surface area (Å²) in [6, 6.07) is 2.26. The van der Waals surface area contributed by atoms with Crippen LogP contribution in [-0.2, 0) is 0 Å². The van der Waals surface area contributed by atoms with Gasteiger partial charge in [0, 0.05) is 0 Å². The monoisotopic (exact) mass is 143 g/mol. The van der Waals surface area contributed by atoms with Crippen LogP contribution in [-0.4, -0.2) is 12.3 Å². The molecule has 0 aliphatic heterocycles. The Morgan fingerprint density at radius 2 is 2.18 bits per heavy atom. The quantitative estimate of drug-likeness (QED) is 0.352. The Labute approximate surface area is 64.3 Å². The van der Waals surface area contributed by atoms with Crippen molar-refractivity contribution in [3.05, 3.63) is 23.1 Å². The second-order valence-electron chi connectivity index (χ2n) is 1.52. The molecule has 0 rings (SSSR count). The van der Waals surface area contributed by atoms with Gasteiger partial charge >= 0.3 is 0 Å². The minimum Gasteiger partial charge on any atom is -0.511 e. The minimum atomic E-state index is -0.913. The lowest BCUT2D eigenvalue weighted by Crippen LogP contribution is -1.98. The van der Waals surface area contributed by atoms with Crippen LogP contribution in [0.5, 0.6) is 0 Å². The summed E-state index contributed by atoms with van der Waals surface area (Å²) in [7, 11) is 0. The molecule has 0 aliphatic carbocycles. The molecular formula is C7H3N4-. The van der Waals surface area contributed by atoms with Crippen LogP contribution in [0, 0.1) is 34.6 Å². The number of nitriles is 2. The first-order valence-corrected chi connectivity index (χ1v) is 2.59. The van der Waals surface area contributed by atoms with Crippen molar-refractivity contribution in [2.24, 2.45) is 0 Å². The van der Waals surface area contributed by atoms with E-state index in [4.69, 9.17) is 22.5 Å². The van der Waals surface area contributed by atoms with Crippen molar-refractivity contribution in [2.75, 3.05) is 0 Å². The highest BCUT2D eigenvalue weighted by molar-refractivity contribution is 5.67. The second-order valence-corrected chi connectivity index (χ2v) is 1.52. The first kappa shape index (κ1) is 8.88. The molecule has 0 heterocycles. The lowest BCUT2D eigenvalue weighted by atomic mass is 10.2. The molecule has 0 aromatic heterocycles. The van der Waals surface area contributed by atoms with Gasteiger partial charge in [0.1, 0.15) is 23.8 Å². The molecule has 4 heteroatoms. The average molecular weight is 143 g/mol. The molecule has 0 bridgehead atoms. The van der Waals surface area contributed by atoms with Crippen LogP contribution in [0.4, 0.5) is 0 Å². The van der Waals surface area contributed by atoms with Gasteiger partial charge in [-0.05, 0) is 6.08 Å². The summed E-state index contributed by atoms with van der Waals surface area (Å²) in [5.41, 5.74) is -0.161. The number of allylic oxidation sites excluding steroid dienone is 1.